The molecular weight excluding hydrogens is 607 g/mol. The Morgan fingerprint density at radius 2 is 0.756 bits per heavy atom. The molecule has 0 aromatic heterocycles. The lowest BCUT2D eigenvalue weighted by Gasteiger charge is -2.24. The van der Waals surface area contributed by atoms with Crippen LogP contribution in [-0.4, -0.2) is 0 Å². The lowest BCUT2D eigenvalue weighted by molar-refractivity contribution is -0.137. The van der Waals surface area contributed by atoms with E-state index in [1.165, 1.54) is 12.1 Å². The van der Waals surface area contributed by atoms with E-state index in [1.54, 1.807) is 85.8 Å². The number of rotatable bonds is 7. The van der Waals surface area contributed by atoms with E-state index < -0.39 is 26.0 Å². The SMILES string of the molecule is Cc1cc(P(=O)(c2ccccc2)c2ccccc2)ccc1-c1ccc(P(=O)(c2ccccc2)c2ccccc2)cc1C(F)(F)F. The van der Waals surface area contributed by atoms with Gasteiger partial charge in [0.05, 0.1) is 5.56 Å². The monoisotopic (exact) mass is 636 g/mol. The average Bonchev–Trinajstić information content (AvgIpc) is 3.08. The van der Waals surface area contributed by atoms with Crippen LogP contribution in [0.4, 0.5) is 13.2 Å². The van der Waals surface area contributed by atoms with Gasteiger partial charge < -0.3 is 9.13 Å². The topological polar surface area (TPSA) is 34.1 Å². The highest BCUT2D eigenvalue weighted by Crippen LogP contribution is 2.47. The molecule has 0 amide bonds. The van der Waals surface area contributed by atoms with Crippen LogP contribution in [0, 0.1) is 6.92 Å². The van der Waals surface area contributed by atoms with Gasteiger partial charge in [-0.3, -0.25) is 0 Å². The fraction of sp³-hybridized carbons (Fsp3) is 0.0526. The second-order valence-electron chi connectivity index (χ2n) is 10.8. The molecule has 0 spiro atoms. The van der Waals surface area contributed by atoms with Gasteiger partial charge in [-0.25, -0.2) is 0 Å². The summed E-state index contributed by atoms with van der Waals surface area (Å²) >= 11 is 0. The molecule has 0 heterocycles. The summed E-state index contributed by atoms with van der Waals surface area (Å²) in [6, 6.07) is 44.5. The Hall–Kier alpha value is -4.43. The van der Waals surface area contributed by atoms with Gasteiger partial charge in [0.1, 0.15) is 0 Å². The lowest BCUT2D eigenvalue weighted by atomic mass is 9.96. The first-order chi connectivity index (χ1) is 21.6. The molecule has 7 heteroatoms. The molecule has 0 unspecified atom stereocenters. The van der Waals surface area contributed by atoms with Crippen molar-refractivity contribution in [3.63, 3.8) is 0 Å². The van der Waals surface area contributed by atoms with Crippen molar-refractivity contribution in [2.45, 2.75) is 13.1 Å². The Balaban J connectivity index is 1.52. The van der Waals surface area contributed by atoms with Crippen LogP contribution >= 0.6 is 14.3 Å². The molecule has 6 rings (SSSR count). The number of hydrogen-bond donors (Lipinski definition) is 0. The molecule has 0 aliphatic rings. The van der Waals surface area contributed by atoms with E-state index in [-0.39, 0.29) is 10.9 Å². The largest absolute Gasteiger partial charge is 0.417 e. The van der Waals surface area contributed by atoms with Crippen LogP contribution in [0.1, 0.15) is 11.1 Å². The van der Waals surface area contributed by atoms with E-state index >= 15 is 0 Å². The second kappa shape index (κ2) is 12.2. The number of benzene rings is 6. The molecule has 224 valence electrons. The third-order valence-electron chi connectivity index (χ3n) is 8.02. The van der Waals surface area contributed by atoms with Crippen molar-refractivity contribution in [2.24, 2.45) is 0 Å². The van der Waals surface area contributed by atoms with Gasteiger partial charge in [0.2, 0.25) is 0 Å². The smallest absolute Gasteiger partial charge is 0.309 e. The van der Waals surface area contributed by atoms with Gasteiger partial charge in [-0.1, -0.05) is 146 Å². The summed E-state index contributed by atoms with van der Waals surface area (Å²) in [5.74, 6) is 0. The predicted molar refractivity (Wildman–Crippen MR) is 180 cm³/mol. The third-order valence-corrected chi connectivity index (χ3v) is 14.1. The van der Waals surface area contributed by atoms with Crippen LogP contribution in [-0.2, 0) is 15.3 Å². The molecule has 0 fully saturated rings. The van der Waals surface area contributed by atoms with Crippen LogP contribution in [0.5, 0.6) is 0 Å². The van der Waals surface area contributed by atoms with Gasteiger partial charge in [0.25, 0.3) is 0 Å². The zero-order valence-corrected chi connectivity index (χ0v) is 26.1. The molecule has 6 aromatic carbocycles. The molecule has 0 bridgehead atoms. The summed E-state index contributed by atoms with van der Waals surface area (Å²) in [4.78, 5) is 0. The molecule has 45 heavy (non-hydrogen) atoms. The number of hydrogen-bond acceptors (Lipinski definition) is 2. The Morgan fingerprint density at radius 3 is 1.09 bits per heavy atom. The van der Waals surface area contributed by atoms with E-state index in [0.717, 1.165) is 6.07 Å². The molecule has 0 aliphatic heterocycles. The molecule has 0 atom stereocenters. The standard InChI is InChI=1S/C38H29F3O2P2/c1-28-26-33(44(42,29-14-6-2-7-15-29)30-16-8-3-9-17-30)22-24-35(28)36-25-23-34(27-37(36)38(39,40)41)45(43,31-18-10-4-11-19-31)32-20-12-5-13-21-32/h2-27H,1H3. The molecule has 6 aromatic rings. The van der Waals surface area contributed by atoms with E-state index in [4.69, 9.17) is 0 Å². The van der Waals surface area contributed by atoms with Crippen LogP contribution < -0.4 is 31.8 Å². The highest BCUT2D eigenvalue weighted by molar-refractivity contribution is 7.85. The summed E-state index contributed by atoms with van der Waals surface area (Å²) in [7, 11) is -6.95. The van der Waals surface area contributed by atoms with Gasteiger partial charge >= 0.3 is 6.18 Å². The summed E-state index contributed by atoms with van der Waals surface area (Å²) in [5, 5.41) is 2.82. The van der Waals surface area contributed by atoms with Crippen molar-refractivity contribution in [3.8, 4) is 11.1 Å². The maximum Gasteiger partial charge on any atom is 0.417 e. The molecule has 0 saturated carbocycles. The first-order valence-corrected chi connectivity index (χ1v) is 17.8. The van der Waals surface area contributed by atoms with Gasteiger partial charge in [-0.15, -0.1) is 0 Å². The Bertz CT molecular complexity index is 1960. The second-order valence-corrected chi connectivity index (χ2v) is 16.3. The summed E-state index contributed by atoms with van der Waals surface area (Å²) in [6.07, 6.45) is -4.72. The van der Waals surface area contributed by atoms with E-state index in [2.05, 4.69) is 0 Å². The molecular formula is C38H29F3O2P2. The molecule has 0 saturated heterocycles. The number of alkyl halides is 3. The number of halogens is 3. The third kappa shape index (κ3) is 5.63. The highest BCUT2D eigenvalue weighted by Gasteiger charge is 2.38. The summed E-state index contributed by atoms with van der Waals surface area (Å²) in [5.41, 5.74) is 0.00107. The fourth-order valence-corrected chi connectivity index (χ4v) is 11.2. The van der Waals surface area contributed by atoms with Crippen molar-refractivity contribution in [1.82, 2.24) is 0 Å². The van der Waals surface area contributed by atoms with Crippen LogP contribution in [0.15, 0.2) is 158 Å². The molecule has 0 aliphatic carbocycles. The first-order valence-electron chi connectivity index (χ1n) is 14.4. The van der Waals surface area contributed by atoms with Crippen molar-refractivity contribution in [1.29, 1.82) is 0 Å². The Labute approximate surface area is 261 Å². The van der Waals surface area contributed by atoms with Gasteiger partial charge in [-0.05, 0) is 35.7 Å². The van der Waals surface area contributed by atoms with Gasteiger partial charge in [-0.2, -0.15) is 13.2 Å². The summed E-state index contributed by atoms with van der Waals surface area (Å²) in [6.45, 7) is 1.73. The van der Waals surface area contributed by atoms with Crippen molar-refractivity contribution in [3.05, 3.63) is 169 Å². The number of aryl methyl sites for hydroxylation is 1. The minimum absolute atomic E-state index is 0.0303. The van der Waals surface area contributed by atoms with E-state index in [1.807, 2.05) is 60.7 Å². The Morgan fingerprint density at radius 1 is 0.422 bits per heavy atom. The average molecular weight is 637 g/mol. The fourth-order valence-electron chi connectivity index (χ4n) is 5.79. The molecule has 0 N–H and O–H groups in total. The van der Waals surface area contributed by atoms with Crippen LogP contribution in [0.3, 0.4) is 0 Å². The van der Waals surface area contributed by atoms with E-state index in [9.17, 15) is 22.3 Å². The van der Waals surface area contributed by atoms with Crippen LogP contribution in [0.25, 0.3) is 11.1 Å². The molecule has 0 radical (unpaired) electrons. The molecule has 2 nitrogen and oxygen atoms in total. The zero-order chi connectivity index (χ0) is 31.7. The zero-order valence-electron chi connectivity index (χ0n) is 24.4. The highest BCUT2D eigenvalue weighted by atomic mass is 31.2. The normalized spacial score (nSPS) is 12.2. The minimum Gasteiger partial charge on any atom is -0.309 e. The Kier molecular flexibility index (Phi) is 8.27. The minimum atomic E-state index is -4.72. The predicted octanol–water partition coefficient (Wildman–Crippen LogP) is 7.96. The quantitative estimate of drug-likeness (QED) is 0.167. The maximum absolute atomic E-state index is 14.9. The van der Waals surface area contributed by atoms with Crippen molar-refractivity contribution >= 4 is 46.1 Å². The van der Waals surface area contributed by atoms with Gasteiger partial charge in [0.15, 0.2) is 14.3 Å². The van der Waals surface area contributed by atoms with Crippen molar-refractivity contribution in [2.75, 3.05) is 0 Å². The van der Waals surface area contributed by atoms with Gasteiger partial charge in [0, 0.05) is 31.8 Å². The van der Waals surface area contributed by atoms with Crippen LogP contribution in [0.2, 0.25) is 0 Å². The first kappa shape index (κ1) is 30.6. The van der Waals surface area contributed by atoms with Crippen molar-refractivity contribution < 1.29 is 22.3 Å². The lowest BCUT2D eigenvalue weighted by Crippen LogP contribution is -2.26. The maximum atomic E-state index is 14.9. The summed E-state index contributed by atoms with van der Waals surface area (Å²) < 4.78 is 74.1. The van der Waals surface area contributed by atoms with E-state index in [0.29, 0.717) is 37.6 Å².